The van der Waals surface area contributed by atoms with Crippen molar-refractivity contribution in [2.75, 3.05) is 0 Å². The standard InChI is InChI=1S/C16H15NO6/c1-10-7-12(9-18)8-11(2)15(10)23-16(19)22-14-5-3-13(4-6-14)17(20)21/h3-8,18H,9H2,1-2H3. The molecule has 1 N–H and O–H groups in total. The van der Waals surface area contributed by atoms with Crippen LogP contribution in [0, 0.1) is 24.0 Å². The highest BCUT2D eigenvalue weighted by Crippen LogP contribution is 2.26. The number of hydrogen-bond acceptors (Lipinski definition) is 6. The van der Waals surface area contributed by atoms with Gasteiger partial charge in [-0.15, -0.1) is 0 Å². The largest absolute Gasteiger partial charge is 0.519 e. The lowest BCUT2D eigenvalue weighted by Gasteiger charge is -2.12. The molecule has 7 nitrogen and oxygen atoms in total. The lowest BCUT2D eigenvalue weighted by molar-refractivity contribution is -0.384. The van der Waals surface area contributed by atoms with Gasteiger partial charge in [0.2, 0.25) is 0 Å². The van der Waals surface area contributed by atoms with Gasteiger partial charge >= 0.3 is 6.16 Å². The van der Waals surface area contributed by atoms with Crippen molar-refractivity contribution < 1.29 is 24.3 Å². The molecule has 0 spiro atoms. The van der Waals surface area contributed by atoms with E-state index >= 15 is 0 Å². The number of aliphatic hydroxyl groups is 1. The first-order chi connectivity index (χ1) is 10.9. The van der Waals surface area contributed by atoms with E-state index < -0.39 is 11.1 Å². The third-order valence-corrected chi connectivity index (χ3v) is 3.14. The zero-order valence-corrected chi connectivity index (χ0v) is 12.6. The lowest BCUT2D eigenvalue weighted by atomic mass is 10.1. The number of ether oxygens (including phenoxy) is 2. The van der Waals surface area contributed by atoms with Gasteiger partial charge in [-0.25, -0.2) is 4.79 Å². The fourth-order valence-corrected chi connectivity index (χ4v) is 2.13. The highest BCUT2D eigenvalue weighted by Gasteiger charge is 2.14. The Morgan fingerprint density at radius 2 is 1.70 bits per heavy atom. The molecular formula is C16H15NO6. The zero-order chi connectivity index (χ0) is 17.0. The van der Waals surface area contributed by atoms with E-state index in [-0.39, 0.29) is 18.0 Å². The number of aryl methyl sites for hydroxylation is 2. The minimum absolute atomic E-state index is 0.100. The molecule has 0 aliphatic heterocycles. The van der Waals surface area contributed by atoms with Gasteiger partial charge in [0.15, 0.2) is 0 Å². The van der Waals surface area contributed by atoms with E-state index in [1.165, 1.54) is 24.3 Å². The zero-order valence-electron chi connectivity index (χ0n) is 12.6. The molecule has 0 saturated heterocycles. The van der Waals surface area contributed by atoms with Crippen molar-refractivity contribution in [1.29, 1.82) is 0 Å². The predicted molar refractivity (Wildman–Crippen MR) is 81.6 cm³/mol. The summed E-state index contributed by atoms with van der Waals surface area (Å²) in [5.74, 6) is 0.497. The van der Waals surface area contributed by atoms with Gasteiger partial charge in [0, 0.05) is 12.1 Å². The summed E-state index contributed by atoms with van der Waals surface area (Å²) in [5, 5.41) is 19.7. The van der Waals surface area contributed by atoms with E-state index in [9.17, 15) is 14.9 Å². The first-order valence-corrected chi connectivity index (χ1v) is 6.76. The van der Waals surface area contributed by atoms with Crippen LogP contribution in [0.3, 0.4) is 0 Å². The number of rotatable bonds is 4. The summed E-state index contributed by atoms with van der Waals surface area (Å²) in [5.41, 5.74) is 2.00. The van der Waals surface area contributed by atoms with Crippen LogP contribution in [0.2, 0.25) is 0 Å². The highest BCUT2D eigenvalue weighted by molar-refractivity contribution is 5.68. The number of nitro benzene ring substituents is 1. The smallest absolute Gasteiger partial charge is 0.395 e. The van der Waals surface area contributed by atoms with Gasteiger partial charge in [-0.3, -0.25) is 10.1 Å². The number of nitro groups is 1. The van der Waals surface area contributed by atoms with Crippen molar-refractivity contribution in [2.45, 2.75) is 20.5 Å². The Hall–Kier alpha value is -2.93. The Morgan fingerprint density at radius 3 is 2.17 bits per heavy atom. The Balaban J connectivity index is 2.09. The molecular weight excluding hydrogens is 302 g/mol. The molecule has 0 unspecified atom stereocenters. The highest BCUT2D eigenvalue weighted by atomic mass is 16.7. The van der Waals surface area contributed by atoms with Crippen LogP contribution in [0.5, 0.6) is 11.5 Å². The van der Waals surface area contributed by atoms with Crippen molar-refractivity contribution in [3.8, 4) is 11.5 Å². The topological polar surface area (TPSA) is 98.9 Å². The molecule has 120 valence electrons. The third kappa shape index (κ3) is 4.04. The van der Waals surface area contributed by atoms with E-state index in [0.29, 0.717) is 16.9 Å². The first-order valence-electron chi connectivity index (χ1n) is 6.76. The summed E-state index contributed by atoms with van der Waals surface area (Å²) in [6, 6.07) is 8.51. The first kappa shape index (κ1) is 16.4. The molecule has 0 bridgehead atoms. The number of aliphatic hydroxyl groups excluding tert-OH is 1. The maximum absolute atomic E-state index is 11.8. The Kier molecular flexibility index (Phi) is 4.92. The second-order valence-corrected chi connectivity index (χ2v) is 4.92. The maximum atomic E-state index is 11.8. The predicted octanol–water partition coefficient (Wildman–Crippen LogP) is 3.28. The fourth-order valence-electron chi connectivity index (χ4n) is 2.13. The summed E-state index contributed by atoms with van der Waals surface area (Å²) in [6.45, 7) is 3.40. The number of non-ortho nitro benzene ring substituents is 1. The monoisotopic (exact) mass is 317 g/mol. The quantitative estimate of drug-likeness (QED) is 0.402. The van der Waals surface area contributed by atoms with Crippen LogP contribution in [0.4, 0.5) is 10.5 Å². The van der Waals surface area contributed by atoms with Gasteiger partial charge in [-0.2, -0.15) is 0 Å². The van der Waals surface area contributed by atoms with Gasteiger partial charge in [-0.1, -0.05) is 12.1 Å². The number of hydrogen-bond donors (Lipinski definition) is 1. The third-order valence-electron chi connectivity index (χ3n) is 3.14. The summed E-state index contributed by atoms with van der Waals surface area (Å²) < 4.78 is 10.2. The van der Waals surface area contributed by atoms with E-state index in [0.717, 1.165) is 5.56 Å². The Morgan fingerprint density at radius 1 is 1.13 bits per heavy atom. The van der Waals surface area contributed by atoms with Crippen LogP contribution in [0.1, 0.15) is 16.7 Å². The van der Waals surface area contributed by atoms with E-state index in [4.69, 9.17) is 14.6 Å². The summed E-state index contributed by atoms with van der Waals surface area (Å²) in [6.07, 6.45) is -0.943. The van der Waals surface area contributed by atoms with Crippen molar-refractivity contribution in [3.63, 3.8) is 0 Å². The summed E-state index contributed by atoms with van der Waals surface area (Å²) in [7, 11) is 0. The van der Waals surface area contributed by atoms with Crippen molar-refractivity contribution in [2.24, 2.45) is 0 Å². The van der Waals surface area contributed by atoms with Crippen LogP contribution in [0.25, 0.3) is 0 Å². The summed E-state index contributed by atoms with van der Waals surface area (Å²) in [4.78, 5) is 21.8. The SMILES string of the molecule is Cc1cc(CO)cc(C)c1OC(=O)Oc1ccc([N+](=O)[O-])cc1. The molecule has 0 heterocycles. The van der Waals surface area contributed by atoms with Crippen molar-refractivity contribution >= 4 is 11.8 Å². The molecule has 0 radical (unpaired) electrons. The lowest BCUT2D eigenvalue weighted by Crippen LogP contribution is -2.15. The molecule has 0 atom stereocenters. The van der Waals surface area contributed by atoms with Crippen molar-refractivity contribution in [1.82, 2.24) is 0 Å². The van der Waals surface area contributed by atoms with Crippen LogP contribution in [0.15, 0.2) is 36.4 Å². The number of carbonyl (C=O) groups is 1. The molecule has 2 aromatic rings. The molecule has 0 aromatic heterocycles. The molecule has 2 aromatic carbocycles. The number of benzene rings is 2. The van der Waals surface area contributed by atoms with Gasteiger partial charge < -0.3 is 14.6 Å². The van der Waals surface area contributed by atoms with Gasteiger partial charge in [0.1, 0.15) is 11.5 Å². The molecule has 2 rings (SSSR count). The molecule has 0 aliphatic carbocycles. The molecule has 7 heteroatoms. The van der Waals surface area contributed by atoms with Crippen LogP contribution in [-0.4, -0.2) is 16.2 Å². The number of carbonyl (C=O) groups excluding carboxylic acids is 1. The van der Waals surface area contributed by atoms with Crippen LogP contribution >= 0.6 is 0 Å². The van der Waals surface area contributed by atoms with E-state index in [1.807, 2.05) is 0 Å². The van der Waals surface area contributed by atoms with Crippen LogP contribution < -0.4 is 9.47 Å². The van der Waals surface area contributed by atoms with Crippen LogP contribution in [-0.2, 0) is 6.61 Å². The molecule has 0 saturated carbocycles. The molecule has 0 fully saturated rings. The Bertz CT molecular complexity index is 716. The average molecular weight is 317 g/mol. The van der Waals surface area contributed by atoms with Gasteiger partial charge in [-0.05, 0) is 42.7 Å². The van der Waals surface area contributed by atoms with E-state index in [2.05, 4.69) is 0 Å². The fraction of sp³-hybridized carbons (Fsp3) is 0.188. The summed E-state index contributed by atoms with van der Waals surface area (Å²) >= 11 is 0. The Labute approximate surface area is 132 Å². The van der Waals surface area contributed by atoms with Crippen molar-refractivity contribution in [3.05, 3.63) is 63.2 Å². The minimum Gasteiger partial charge on any atom is -0.395 e. The normalized spacial score (nSPS) is 10.2. The second-order valence-electron chi connectivity index (χ2n) is 4.92. The molecule has 0 amide bonds. The number of nitrogens with zero attached hydrogens (tertiary/aromatic N) is 1. The van der Waals surface area contributed by atoms with Gasteiger partial charge in [0.25, 0.3) is 5.69 Å². The maximum Gasteiger partial charge on any atom is 0.519 e. The minimum atomic E-state index is -0.943. The molecule has 23 heavy (non-hydrogen) atoms. The molecule has 0 aliphatic rings. The van der Waals surface area contributed by atoms with Gasteiger partial charge in [0.05, 0.1) is 11.5 Å². The average Bonchev–Trinajstić information content (AvgIpc) is 2.51. The second kappa shape index (κ2) is 6.89. The van der Waals surface area contributed by atoms with E-state index in [1.54, 1.807) is 26.0 Å².